The summed E-state index contributed by atoms with van der Waals surface area (Å²) >= 11 is 0. The van der Waals surface area contributed by atoms with Crippen molar-refractivity contribution in [2.75, 3.05) is 13.2 Å². The van der Waals surface area contributed by atoms with Gasteiger partial charge in [0.05, 0.1) is 6.61 Å². The van der Waals surface area contributed by atoms with Crippen LogP contribution < -0.4 is 20.5 Å². The largest absolute Gasteiger partial charge is 0.490 e. The molecule has 0 heterocycles. The number of nitrogens with one attached hydrogen (secondary N) is 1. The molecule has 1 aromatic rings. The lowest BCUT2D eigenvalue weighted by molar-refractivity contribution is -0.127. The number of rotatable bonds is 8. The summed E-state index contributed by atoms with van der Waals surface area (Å²) < 4.78 is 11.4. The molecule has 1 amide bonds. The molecule has 0 fully saturated rings. The molecule has 5 nitrogen and oxygen atoms in total. The highest BCUT2D eigenvalue weighted by atomic mass is 16.5. The van der Waals surface area contributed by atoms with Gasteiger partial charge in [0.1, 0.15) is 0 Å². The minimum absolute atomic E-state index is 0.0780. The molecule has 21 heavy (non-hydrogen) atoms. The van der Waals surface area contributed by atoms with Crippen molar-refractivity contribution >= 4 is 5.91 Å². The number of nitrogens with two attached hydrogens (primary N) is 1. The zero-order valence-corrected chi connectivity index (χ0v) is 13.3. The Morgan fingerprint density at radius 2 is 2.05 bits per heavy atom. The third kappa shape index (κ3) is 5.27. The fourth-order valence-electron chi connectivity index (χ4n) is 1.95. The van der Waals surface area contributed by atoms with Crippen molar-refractivity contribution in [2.24, 2.45) is 5.73 Å². The molecule has 1 rings (SSSR count). The Morgan fingerprint density at radius 1 is 1.33 bits per heavy atom. The van der Waals surface area contributed by atoms with Crippen molar-refractivity contribution < 1.29 is 14.3 Å². The van der Waals surface area contributed by atoms with E-state index >= 15 is 0 Å². The number of benzene rings is 1. The van der Waals surface area contributed by atoms with E-state index in [4.69, 9.17) is 15.2 Å². The molecule has 0 aliphatic carbocycles. The summed E-state index contributed by atoms with van der Waals surface area (Å²) in [6.07, 6.45) is 0.0833. The molecule has 0 aliphatic heterocycles. The first-order valence-electron chi connectivity index (χ1n) is 7.41. The second kappa shape index (κ2) is 8.52. The predicted octanol–water partition coefficient (Wildman–Crippen LogP) is 1.88. The third-order valence-corrected chi connectivity index (χ3v) is 2.87. The maximum absolute atomic E-state index is 12.0. The van der Waals surface area contributed by atoms with Gasteiger partial charge >= 0.3 is 0 Å². The van der Waals surface area contributed by atoms with Crippen LogP contribution in [0.25, 0.3) is 0 Å². The molecular weight excluding hydrogens is 268 g/mol. The summed E-state index contributed by atoms with van der Waals surface area (Å²) in [5.41, 5.74) is 6.59. The number of ether oxygens (including phenoxy) is 2. The molecule has 0 saturated heterocycles. The Bertz CT molecular complexity index is 437. The molecule has 0 aliphatic rings. The first kappa shape index (κ1) is 17.3. The topological polar surface area (TPSA) is 73.6 Å². The van der Waals surface area contributed by atoms with Gasteiger partial charge < -0.3 is 20.5 Å². The Kier molecular flexibility index (Phi) is 7.02. The van der Waals surface area contributed by atoms with Gasteiger partial charge in [-0.25, -0.2) is 0 Å². The number of hydrogen-bond donors (Lipinski definition) is 2. The Balaban J connectivity index is 2.95. The number of para-hydroxylation sites is 1. The lowest BCUT2D eigenvalue weighted by Gasteiger charge is -2.20. The van der Waals surface area contributed by atoms with Gasteiger partial charge in [-0.1, -0.05) is 12.1 Å². The number of hydrogen-bond acceptors (Lipinski definition) is 4. The molecule has 118 valence electrons. The highest BCUT2D eigenvalue weighted by Gasteiger charge is 2.19. The average Bonchev–Trinajstić information content (AvgIpc) is 2.41. The second-order valence-electron chi connectivity index (χ2n) is 5.14. The fraction of sp³-hybridized carbons (Fsp3) is 0.562. The molecule has 0 aromatic heterocycles. The Labute approximate surface area is 126 Å². The molecule has 0 radical (unpaired) electrons. The SMILES string of the molecule is CCOc1cccc(CCN)c1OC(C)C(=O)NC(C)C. The van der Waals surface area contributed by atoms with Crippen LogP contribution in [0.15, 0.2) is 18.2 Å². The minimum Gasteiger partial charge on any atom is -0.490 e. The van der Waals surface area contributed by atoms with Crippen molar-refractivity contribution in [1.82, 2.24) is 5.32 Å². The van der Waals surface area contributed by atoms with Crippen LogP contribution in [-0.2, 0) is 11.2 Å². The molecular formula is C16H26N2O3. The van der Waals surface area contributed by atoms with E-state index in [-0.39, 0.29) is 11.9 Å². The zero-order valence-electron chi connectivity index (χ0n) is 13.3. The molecule has 1 aromatic carbocycles. The van der Waals surface area contributed by atoms with E-state index in [1.54, 1.807) is 6.92 Å². The van der Waals surface area contributed by atoms with Crippen LogP contribution in [0.3, 0.4) is 0 Å². The van der Waals surface area contributed by atoms with E-state index in [2.05, 4.69) is 5.32 Å². The van der Waals surface area contributed by atoms with Gasteiger partial charge in [-0.2, -0.15) is 0 Å². The summed E-state index contributed by atoms with van der Waals surface area (Å²) in [5, 5.41) is 2.84. The molecule has 0 bridgehead atoms. The Hall–Kier alpha value is -1.75. The van der Waals surface area contributed by atoms with E-state index in [1.807, 2.05) is 39.0 Å². The van der Waals surface area contributed by atoms with E-state index in [0.717, 1.165) is 5.56 Å². The van der Waals surface area contributed by atoms with Gasteiger partial charge in [0.2, 0.25) is 0 Å². The van der Waals surface area contributed by atoms with Gasteiger partial charge in [-0.15, -0.1) is 0 Å². The van der Waals surface area contributed by atoms with Crippen LogP contribution in [0, 0.1) is 0 Å². The number of amides is 1. The molecule has 5 heteroatoms. The van der Waals surface area contributed by atoms with Crippen molar-refractivity contribution in [3.05, 3.63) is 23.8 Å². The smallest absolute Gasteiger partial charge is 0.260 e. The van der Waals surface area contributed by atoms with Gasteiger partial charge in [-0.3, -0.25) is 4.79 Å². The van der Waals surface area contributed by atoms with Crippen LogP contribution in [0.2, 0.25) is 0 Å². The summed E-state index contributed by atoms with van der Waals surface area (Å²) in [6.45, 7) is 8.52. The molecule has 0 spiro atoms. The monoisotopic (exact) mass is 294 g/mol. The molecule has 1 atom stereocenters. The van der Waals surface area contributed by atoms with Crippen molar-refractivity contribution in [3.8, 4) is 11.5 Å². The van der Waals surface area contributed by atoms with E-state index in [1.165, 1.54) is 0 Å². The highest BCUT2D eigenvalue weighted by Crippen LogP contribution is 2.32. The van der Waals surface area contributed by atoms with Crippen LogP contribution in [-0.4, -0.2) is 31.2 Å². The quantitative estimate of drug-likeness (QED) is 0.768. The standard InChI is InChI=1S/C16H26N2O3/c1-5-20-14-8-6-7-13(9-10-17)15(14)21-12(4)16(19)18-11(2)3/h6-8,11-12H,5,9-10,17H2,1-4H3,(H,18,19). The van der Waals surface area contributed by atoms with Crippen LogP contribution >= 0.6 is 0 Å². The fourth-order valence-corrected chi connectivity index (χ4v) is 1.95. The zero-order chi connectivity index (χ0) is 15.8. The minimum atomic E-state index is -0.592. The predicted molar refractivity (Wildman–Crippen MR) is 83.7 cm³/mol. The lowest BCUT2D eigenvalue weighted by atomic mass is 10.1. The van der Waals surface area contributed by atoms with Crippen molar-refractivity contribution in [1.29, 1.82) is 0 Å². The normalized spacial score (nSPS) is 12.1. The Morgan fingerprint density at radius 3 is 2.62 bits per heavy atom. The van der Waals surface area contributed by atoms with E-state index < -0.39 is 6.10 Å². The summed E-state index contributed by atoms with van der Waals surface area (Å²) in [4.78, 5) is 12.0. The van der Waals surface area contributed by atoms with Crippen molar-refractivity contribution in [2.45, 2.75) is 46.3 Å². The lowest BCUT2D eigenvalue weighted by Crippen LogP contribution is -2.40. The van der Waals surface area contributed by atoms with Crippen LogP contribution in [0.4, 0.5) is 0 Å². The van der Waals surface area contributed by atoms with E-state index in [0.29, 0.717) is 31.1 Å². The first-order valence-corrected chi connectivity index (χ1v) is 7.41. The summed E-state index contributed by atoms with van der Waals surface area (Å²) in [6, 6.07) is 5.76. The van der Waals surface area contributed by atoms with Gasteiger partial charge in [0.15, 0.2) is 17.6 Å². The molecule has 1 unspecified atom stereocenters. The average molecular weight is 294 g/mol. The maximum Gasteiger partial charge on any atom is 0.260 e. The van der Waals surface area contributed by atoms with Gasteiger partial charge in [0, 0.05) is 6.04 Å². The van der Waals surface area contributed by atoms with Gasteiger partial charge in [0.25, 0.3) is 5.91 Å². The third-order valence-electron chi connectivity index (χ3n) is 2.87. The highest BCUT2D eigenvalue weighted by molar-refractivity contribution is 5.81. The summed E-state index contributed by atoms with van der Waals surface area (Å²) in [7, 11) is 0. The molecule has 0 saturated carbocycles. The van der Waals surface area contributed by atoms with Gasteiger partial charge in [-0.05, 0) is 52.3 Å². The first-order chi connectivity index (χ1) is 9.99. The molecule has 3 N–H and O–H groups in total. The van der Waals surface area contributed by atoms with Crippen LogP contribution in [0.1, 0.15) is 33.3 Å². The van der Waals surface area contributed by atoms with Crippen molar-refractivity contribution in [3.63, 3.8) is 0 Å². The van der Waals surface area contributed by atoms with E-state index in [9.17, 15) is 4.79 Å². The number of carbonyl (C=O) groups is 1. The maximum atomic E-state index is 12.0. The number of carbonyl (C=O) groups excluding carboxylic acids is 1. The van der Waals surface area contributed by atoms with Crippen LogP contribution in [0.5, 0.6) is 11.5 Å². The second-order valence-corrected chi connectivity index (χ2v) is 5.14. The summed E-state index contributed by atoms with van der Waals surface area (Å²) in [5.74, 6) is 1.11.